The number of hydrogen-bond donors (Lipinski definition) is 2. The van der Waals surface area contributed by atoms with Gasteiger partial charge in [0.05, 0.1) is 18.9 Å². The van der Waals surface area contributed by atoms with Crippen molar-refractivity contribution < 1.29 is 13.2 Å². The Bertz CT molecular complexity index is 668. The molecule has 1 rings (SSSR count). The summed E-state index contributed by atoms with van der Waals surface area (Å²) >= 11 is 0. The zero-order chi connectivity index (χ0) is 19.4. The van der Waals surface area contributed by atoms with Crippen LogP contribution in [0.2, 0.25) is 0 Å². The summed E-state index contributed by atoms with van der Waals surface area (Å²) in [4.78, 5) is 8.87. The molecule has 0 saturated carbocycles. The van der Waals surface area contributed by atoms with Crippen molar-refractivity contribution in [1.29, 1.82) is 0 Å². The van der Waals surface area contributed by atoms with Gasteiger partial charge in [-0.15, -0.1) is 24.0 Å². The molecule has 0 aliphatic heterocycles. The smallest absolute Gasteiger partial charge is 0.218 e. The van der Waals surface area contributed by atoms with Crippen molar-refractivity contribution in [3.05, 3.63) is 23.9 Å². The van der Waals surface area contributed by atoms with Gasteiger partial charge in [-0.1, -0.05) is 19.4 Å². The molecule has 0 bridgehead atoms. The Morgan fingerprint density at radius 1 is 1.37 bits per heavy atom. The molecule has 0 radical (unpaired) electrons. The molecule has 9 heteroatoms. The standard InChI is InChI=1S/C18H32N4O3S.HI/c1-5-7-12-25-17-16(9-8-11-20-17)14-21-18(19-6-2)22-15(3)10-13-26(4,23)24;/h8-9,11,15H,5-7,10,12-14H2,1-4H3,(H2,19,21,22);1H. The van der Waals surface area contributed by atoms with Crippen LogP contribution in [0.1, 0.15) is 45.6 Å². The molecule has 0 aliphatic carbocycles. The predicted octanol–water partition coefficient (Wildman–Crippen LogP) is 2.76. The Kier molecular flexibility index (Phi) is 13.4. The average Bonchev–Trinajstić information content (AvgIpc) is 2.59. The van der Waals surface area contributed by atoms with E-state index in [4.69, 9.17) is 4.74 Å². The maximum absolute atomic E-state index is 11.3. The normalized spacial score (nSPS) is 12.8. The van der Waals surface area contributed by atoms with Gasteiger partial charge < -0.3 is 15.4 Å². The number of aromatic nitrogens is 1. The molecule has 27 heavy (non-hydrogen) atoms. The van der Waals surface area contributed by atoms with Crippen LogP contribution in [-0.2, 0) is 16.4 Å². The number of ether oxygens (including phenoxy) is 1. The van der Waals surface area contributed by atoms with Gasteiger partial charge in [0.25, 0.3) is 0 Å². The monoisotopic (exact) mass is 512 g/mol. The summed E-state index contributed by atoms with van der Waals surface area (Å²) in [6.07, 6.45) is 5.55. The summed E-state index contributed by atoms with van der Waals surface area (Å²) in [5, 5.41) is 6.43. The zero-order valence-electron chi connectivity index (χ0n) is 16.7. The number of aliphatic imine (C=N–C) groups is 1. The highest BCUT2D eigenvalue weighted by Crippen LogP contribution is 2.15. The summed E-state index contributed by atoms with van der Waals surface area (Å²) < 4.78 is 28.4. The van der Waals surface area contributed by atoms with E-state index in [-0.39, 0.29) is 35.8 Å². The first-order chi connectivity index (χ1) is 12.4. The molecule has 2 N–H and O–H groups in total. The second kappa shape index (κ2) is 14.0. The van der Waals surface area contributed by atoms with Crippen molar-refractivity contribution in [2.45, 2.75) is 52.6 Å². The van der Waals surface area contributed by atoms with Crippen LogP contribution >= 0.6 is 24.0 Å². The first-order valence-corrected chi connectivity index (χ1v) is 11.2. The molecule has 1 atom stereocenters. The van der Waals surface area contributed by atoms with Crippen molar-refractivity contribution >= 4 is 39.8 Å². The molecule has 0 aromatic carbocycles. The third kappa shape index (κ3) is 12.1. The van der Waals surface area contributed by atoms with E-state index >= 15 is 0 Å². The van der Waals surface area contributed by atoms with Crippen LogP contribution in [0.5, 0.6) is 5.88 Å². The van der Waals surface area contributed by atoms with E-state index in [0.29, 0.717) is 31.4 Å². The van der Waals surface area contributed by atoms with Crippen LogP contribution in [0.25, 0.3) is 0 Å². The zero-order valence-corrected chi connectivity index (χ0v) is 19.8. The topological polar surface area (TPSA) is 92.7 Å². The number of nitrogens with zero attached hydrogens (tertiary/aromatic N) is 2. The Labute approximate surface area is 180 Å². The van der Waals surface area contributed by atoms with Crippen molar-refractivity contribution in [1.82, 2.24) is 15.6 Å². The number of unbranched alkanes of at least 4 members (excludes halogenated alkanes) is 1. The lowest BCUT2D eigenvalue weighted by Crippen LogP contribution is -2.42. The first kappa shape index (κ1) is 25.9. The number of rotatable bonds is 11. The van der Waals surface area contributed by atoms with Gasteiger partial charge in [-0.25, -0.2) is 18.4 Å². The molecule has 156 valence electrons. The van der Waals surface area contributed by atoms with Crippen molar-refractivity contribution in [2.24, 2.45) is 4.99 Å². The molecular weight excluding hydrogens is 479 g/mol. The second-order valence-electron chi connectivity index (χ2n) is 6.33. The highest BCUT2D eigenvalue weighted by molar-refractivity contribution is 14.0. The average molecular weight is 512 g/mol. The Morgan fingerprint density at radius 2 is 2.11 bits per heavy atom. The molecule has 1 aromatic heterocycles. The number of sulfone groups is 1. The number of guanidine groups is 1. The number of nitrogens with one attached hydrogen (secondary N) is 2. The summed E-state index contributed by atoms with van der Waals surface area (Å²) in [6, 6.07) is 3.82. The van der Waals surface area contributed by atoms with Crippen molar-refractivity contribution in [3.63, 3.8) is 0 Å². The molecule has 1 heterocycles. The van der Waals surface area contributed by atoms with E-state index < -0.39 is 9.84 Å². The molecule has 1 unspecified atom stereocenters. The fraction of sp³-hybridized carbons (Fsp3) is 0.667. The Morgan fingerprint density at radius 3 is 2.74 bits per heavy atom. The lowest BCUT2D eigenvalue weighted by atomic mass is 10.2. The summed E-state index contributed by atoms with van der Waals surface area (Å²) in [5.74, 6) is 1.42. The molecule has 0 spiro atoms. The lowest BCUT2D eigenvalue weighted by Gasteiger charge is -2.17. The van der Waals surface area contributed by atoms with Crippen LogP contribution in [-0.4, -0.2) is 50.6 Å². The Balaban J connectivity index is 0.00000676. The van der Waals surface area contributed by atoms with Gasteiger partial charge in [0.1, 0.15) is 9.84 Å². The van der Waals surface area contributed by atoms with E-state index in [0.717, 1.165) is 24.9 Å². The van der Waals surface area contributed by atoms with Gasteiger partial charge in [0.15, 0.2) is 5.96 Å². The molecule has 0 saturated heterocycles. The third-order valence-electron chi connectivity index (χ3n) is 3.64. The molecule has 0 aliphatic rings. The highest BCUT2D eigenvalue weighted by atomic mass is 127. The second-order valence-corrected chi connectivity index (χ2v) is 8.59. The number of pyridine rings is 1. The molecular formula is C18H33IN4O3S. The van der Waals surface area contributed by atoms with E-state index in [9.17, 15) is 8.42 Å². The van der Waals surface area contributed by atoms with E-state index in [1.54, 1.807) is 6.20 Å². The maximum atomic E-state index is 11.3. The van der Waals surface area contributed by atoms with Crippen LogP contribution in [0, 0.1) is 0 Å². The van der Waals surface area contributed by atoms with E-state index in [2.05, 4.69) is 27.5 Å². The predicted molar refractivity (Wildman–Crippen MR) is 122 cm³/mol. The van der Waals surface area contributed by atoms with Crippen LogP contribution in [0.15, 0.2) is 23.3 Å². The van der Waals surface area contributed by atoms with E-state index in [1.807, 2.05) is 26.0 Å². The van der Waals surface area contributed by atoms with Crippen LogP contribution in [0.4, 0.5) is 0 Å². The van der Waals surface area contributed by atoms with Gasteiger partial charge in [0.2, 0.25) is 5.88 Å². The van der Waals surface area contributed by atoms with Crippen molar-refractivity contribution in [3.8, 4) is 5.88 Å². The quantitative estimate of drug-likeness (QED) is 0.205. The summed E-state index contributed by atoms with van der Waals surface area (Å²) in [6.45, 7) is 7.85. The minimum absolute atomic E-state index is 0. The van der Waals surface area contributed by atoms with Crippen molar-refractivity contribution in [2.75, 3.05) is 25.2 Å². The van der Waals surface area contributed by atoms with Crippen LogP contribution in [0.3, 0.4) is 0 Å². The fourth-order valence-corrected chi connectivity index (χ4v) is 2.95. The largest absolute Gasteiger partial charge is 0.477 e. The van der Waals surface area contributed by atoms with E-state index in [1.165, 1.54) is 6.26 Å². The molecule has 0 fully saturated rings. The maximum Gasteiger partial charge on any atom is 0.218 e. The summed E-state index contributed by atoms with van der Waals surface area (Å²) in [7, 11) is -2.96. The van der Waals surface area contributed by atoms with Gasteiger partial charge in [0, 0.05) is 30.6 Å². The summed E-state index contributed by atoms with van der Waals surface area (Å²) in [5.41, 5.74) is 0.921. The number of hydrogen-bond acceptors (Lipinski definition) is 5. The molecule has 7 nitrogen and oxygen atoms in total. The highest BCUT2D eigenvalue weighted by Gasteiger charge is 2.10. The lowest BCUT2D eigenvalue weighted by molar-refractivity contribution is 0.294. The van der Waals surface area contributed by atoms with Gasteiger partial charge in [-0.3, -0.25) is 0 Å². The molecule has 0 amide bonds. The first-order valence-electron chi connectivity index (χ1n) is 9.15. The fourth-order valence-electron chi connectivity index (χ4n) is 2.17. The van der Waals surface area contributed by atoms with Gasteiger partial charge in [-0.2, -0.15) is 0 Å². The number of halogens is 1. The third-order valence-corrected chi connectivity index (χ3v) is 4.62. The van der Waals surface area contributed by atoms with Gasteiger partial charge in [-0.05, 0) is 32.8 Å². The van der Waals surface area contributed by atoms with Gasteiger partial charge >= 0.3 is 0 Å². The minimum Gasteiger partial charge on any atom is -0.477 e. The van der Waals surface area contributed by atoms with Crippen LogP contribution < -0.4 is 15.4 Å². The Hall–Kier alpha value is -1.10. The molecule has 1 aromatic rings. The minimum atomic E-state index is -2.96. The SMILES string of the molecule is CCCCOc1ncccc1CN=C(NCC)NC(C)CCS(C)(=O)=O.I.